The average molecular weight is 309 g/mol. The second-order valence-electron chi connectivity index (χ2n) is 5.74. The van der Waals surface area contributed by atoms with Gasteiger partial charge in [-0.05, 0) is 64.9 Å². The first-order valence-electron chi connectivity index (χ1n) is 7.51. The van der Waals surface area contributed by atoms with Crippen molar-refractivity contribution < 1.29 is 4.74 Å². The molecule has 0 unspecified atom stereocenters. The fourth-order valence-corrected chi connectivity index (χ4v) is 2.12. The summed E-state index contributed by atoms with van der Waals surface area (Å²) >= 11 is 0. The molecule has 0 amide bonds. The van der Waals surface area contributed by atoms with Crippen LogP contribution in [0.5, 0.6) is 5.75 Å². The number of aromatic nitrogens is 4. The number of nitrogens with two attached hydrogens (primary N) is 1. The van der Waals surface area contributed by atoms with Crippen molar-refractivity contribution in [2.24, 2.45) is 5.92 Å². The third kappa shape index (κ3) is 3.48. The van der Waals surface area contributed by atoms with Gasteiger partial charge in [-0.25, -0.2) is 0 Å². The van der Waals surface area contributed by atoms with E-state index in [0.29, 0.717) is 24.0 Å². The topological polar surface area (TPSA) is 78.8 Å². The summed E-state index contributed by atoms with van der Waals surface area (Å²) in [4.78, 5) is 0. The van der Waals surface area contributed by atoms with Gasteiger partial charge in [-0.3, -0.25) is 0 Å². The summed E-state index contributed by atoms with van der Waals surface area (Å²) in [6, 6.07) is 15.2. The molecule has 0 fully saturated rings. The number of nitrogen functional groups attached to an aromatic ring is 1. The van der Waals surface area contributed by atoms with Gasteiger partial charge in [0.2, 0.25) is 0 Å². The van der Waals surface area contributed by atoms with E-state index in [2.05, 4.69) is 29.4 Å². The first-order chi connectivity index (χ1) is 11.1. The second kappa shape index (κ2) is 6.48. The molecule has 118 valence electrons. The van der Waals surface area contributed by atoms with Crippen molar-refractivity contribution in [1.82, 2.24) is 20.2 Å². The third-order valence-corrected chi connectivity index (χ3v) is 3.30. The van der Waals surface area contributed by atoms with E-state index in [-0.39, 0.29) is 0 Å². The smallest absolute Gasteiger partial charge is 0.187 e. The van der Waals surface area contributed by atoms with E-state index in [9.17, 15) is 0 Å². The molecule has 0 saturated heterocycles. The average Bonchev–Trinajstić information content (AvgIpc) is 3.03. The maximum Gasteiger partial charge on any atom is 0.187 e. The van der Waals surface area contributed by atoms with Gasteiger partial charge in [0.05, 0.1) is 12.3 Å². The molecule has 3 rings (SSSR count). The van der Waals surface area contributed by atoms with Crippen molar-refractivity contribution in [1.29, 1.82) is 0 Å². The fraction of sp³-hybridized carbons (Fsp3) is 0.235. The molecular weight excluding hydrogens is 290 g/mol. The van der Waals surface area contributed by atoms with Crippen LogP contribution in [-0.2, 0) is 0 Å². The molecule has 23 heavy (non-hydrogen) atoms. The van der Waals surface area contributed by atoms with E-state index < -0.39 is 0 Å². The number of hydrogen-bond donors (Lipinski definition) is 1. The Kier molecular flexibility index (Phi) is 4.23. The Morgan fingerprint density at radius 1 is 1.04 bits per heavy atom. The Bertz CT molecular complexity index is 762. The van der Waals surface area contributed by atoms with Crippen molar-refractivity contribution in [2.75, 3.05) is 12.3 Å². The minimum atomic E-state index is 0.492. The molecule has 0 aliphatic carbocycles. The van der Waals surface area contributed by atoms with E-state index in [4.69, 9.17) is 10.5 Å². The quantitative estimate of drug-likeness (QED) is 0.733. The highest BCUT2D eigenvalue weighted by atomic mass is 16.5. The highest BCUT2D eigenvalue weighted by Crippen LogP contribution is 2.22. The third-order valence-electron chi connectivity index (χ3n) is 3.30. The lowest BCUT2D eigenvalue weighted by Crippen LogP contribution is -2.05. The van der Waals surface area contributed by atoms with Crippen LogP contribution in [-0.4, -0.2) is 26.8 Å². The normalized spacial score (nSPS) is 10.9. The molecule has 0 radical (unpaired) electrons. The Balaban J connectivity index is 1.85. The Morgan fingerprint density at radius 2 is 1.74 bits per heavy atom. The second-order valence-corrected chi connectivity index (χ2v) is 5.74. The molecule has 3 aromatic rings. The SMILES string of the molecule is CC(C)COc1ccc(-n2nnnc2-c2ccc(N)cc2)cc1. The number of benzene rings is 2. The zero-order valence-corrected chi connectivity index (χ0v) is 13.2. The predicted octanol–water partition coefficient (Wildman–Crippen LogP) is 2.95. The number of tetrazole rings is 1. The lowest BCUT2D eigenvalue weighted by molar-refractivity contribution is 0.271. The fourth-order valence-electron chi connectivity index (χ4n) is 2.12. The van der Waals surface area contributed by atoms with Crippen molar-refractivity contribution in [3.8, 4) is 22.8 Å². The van der Waals surface area contributed by atoms with Crippen LogP contribution in [0.3, 0.4) is 0 Å². The van der Waals surface area contributed by atoms with Crippen LogP contribution in [0.25, 0.3) is 17.1 Å². The molecule has 6 heteroatoms. The summed E-state index contributed by atoms with van der Waals surface area (Å²) < 4.78 is 7.39. The van der Waals surface area contributed by atoms with Crippen molar-refractivity contribution >= 4 is 5.69 Å². The minimum Gasteiger partial charge on any atom is -0.493 e. The number of anilines is 1. The van der Waals surface area contributed by atoms with Crippen molar-refractivity contribution in [3.05, 3.63) is 48.5 Å². The standard InChI is InChI=1S/C17H19N5O/c1-12(2)11-23-16-9-7-15(8-10-16)22-17(19-20-21-22)13-3-5-14(18)6-4-13/h3-10,12H,11,18H2,1-2H3. The van der Waals surface area contributed by atoms with Crippen LogP contribution in [0.15, 0.2) is 48.5 Å². The summed E-state index contributed by atoms with van der Waals surface area (Å²) in [6.45, 7) is 4.93. The number of ether oxygens (including phenoxy) is 1. The minimum absolute atomic E-state index is 0.492. The van der Waals surface area contributed by atoms with E-state index in [1.807, 2.05) is 48.5 Å². The van der Waals surface area contributed by atoms with Gasteiger partial charge in [0.1, 0.15) is 5.75 Å². The Hall–Kier alpha value is -2.89. The van der Waals surface area contributed by atoms with Gasteiger partial charge in [0.25, 0.3) is 0 Å². The van der Waals surface area contributed by atoms with Crippen LogP contribution in [0.1, 0.15) is 13.8 Å². The molecule has 2 aromatic carbocycles. The lowest BCUT2D eigenvalue weighted by Gasteiger charge is -2.09. The first-order valence-corrected chi connectivity index (χ1v) is 7.51. The molecular formula is C17H19N5O. The highest BCUT2D eigenvalue weighted by molar-refractivity contribution is 5.60. The molecule has 0 atom stereocenters. The lowest BCUT2D eigenvalue weighted by atomic mass is 10.2. The molecule has 0 spiro atoms. The van der Waals surface area contributed by atoms with Crippen LogP contribution in [0.2, 0.25) is 0 Å². The van der Waals surface area contributed by atoms with Crippen LogP contribution >= 0.6 is 0 Å². The van der Waals surface area contributed by atoms with Gasteiger partial charge in [0.15, 0.2) is 5.82 Å². The largest absolute Gasteiger partial charge is 0.493 e. The maximum atomic E-state index is 5.72. The Labute approximate surface area is 134 Å². The van der Waals surface area contributed by atoms with E-state index in [0.717, 1.165) is 17.0 Å². The first kappa shape index (κ1) is 15.0. The molecule has 0 aliphatic rings. The zero-order valence-electron chi connectivity index (χ0n) is 13.2. The molecule has 0 aliphatic heterocycles. The van der Waals surface area contributed by atoms with Gasteiger partial charge in [-0.15, -0.1) is 5.10 Å². The summed E-state index contributed by atoms with van der Waals surface area (Å²) in [5.74, 6) is 2.00. The Morgan fingerprint density at radius 3 is 2.39 bits per heavy atom. The molecule has 0 bridgehead atoms. The van der Waals surface area contributed by atoms with E-state index in [1.54, 1.807) is 4.68 Å². The summed E-state index contributed by atoms with van der Waals surface area (Å²) in [5.41, 5.74) is 8.21. The molecule has 0 saturated carbocycles. The highest BCUT2D eigenvalue weighted by Gasteiger charge is 2.10. The van der Waals surface area contributed by atoms with E-state index >= 15 is 0 Å². The summed E-state index contributed by atoms with van der Waals surface area (Å²) in [7, 11) is 0. The van der Waals surface area contributed by atoms with Crippen molar-refractivity contribution in [2.45, 2.75) is 13.8 Å². The van der Waals surface area contributed by atoms with Gasteiger partial charge >= 0.3 is 0 Å². The summed E-state index contributed by atoms with van der Waals surface area (Å²) in [5, 5.41) is 12.0. The molecule has 2 N–H and O–H groups in total. The predicted molar refractivity (Wildman–Crippen MR) is 89.3 cm³/mol. The summed E-state index contributed by atoms with van der Waals surface area (Å²) in [6.07, 6.45) is 0. The zero-order chi connectivity index (χ0) is 16.2. The van der Waals surface area contributed by atoms with Crippen molar-refractivity contribution in [3.63, 3.8) is 0 Å². The van der Waals surface area contributed by atoms with Gasteiger partial charge in [-0.2, -0.15) is 4.68 Å². The van der Waals surface area contributed by atoms with Gasteiger partial charge in [-0.1, -0.05) is 13.8 Å². The van der Waals surface area contributed by atoms with Gasteiger partial charge < -0.3 is 10.5 Å². The maximum absolute atomic E-state index is 5.72. The molecule has 6 nitrogen and oxygen atoms in total. The monoisotopic (exact) mass is 309 g/mol. The van der Waals surface area contributed by atoms with E-state index in [1.165, 1.54) is 0 Å². The molecule has 1 aromatic heterocycles. The van der Waals surface area contributed by atoms with Crippen LogP contribution < -0.4 is 10.5 Å². The molecule has 1 heterocycles. The number of rotatable bonds is 5. The number of nitrogens with zero attached hydrogens (tertiary/aromatic N) is 4. The van der Waals surface area contributed by atoms with Gasteiger partial charge in [0, 0.05) is 11.3 Å². The number of hydrogen-bond acceptors (Lipinski definition) is 5. The van der Waals surface area contributed by atoms with Crippen LogP contribution in [0, 0.1) is 5.92 Å². The van der Waals surface area contributed by atoms with Crippen LogP contribution in [0.4, 0.5) is 5.69 Å².